The fraction of sp³-hybridized carbons (Fsp3) is 0.154. The summed E-state index contributed by atoms with van der Waals surface area (Å²) in [6.45, 7) is 2.02. The maximum Gasteiger partial charge on any atom is 0.347 e. The molecule has 6 heteroatoms. The zero-order valence-electron chi connectivity index (χ0n) is 17.4. The van der Waals surface area contributed by atoms with Crippen LogP contribution in [0.15, 0.2) is 88.3 Å². The van der Waals surface area contributed by atoms with Crippen molar-refractivity contribution in [2.24, 2.45) is 0 Å². The van der Waals surface area contributed by atoms with Crippen molar-refractivity contribution in [3.05, 3.63) is 99.9 Å². The van der Waals surface area contributed by atoms with Crippen LogP contribution in [0.5, 0.6) is 5.75 Å². The molecule has 1 unspecified atom stereocenters. The Hall–Kier alpha value is -3.57. The van der Waals surface area contributed by atoms with E-state index in [0.717, 1.165) is 11.1 Å². The van der Waals surface area contributed by atoms with Crippen LogP contribution in [0, 0.1) is 0 Å². The van der Waals surface area contributed by atoms with Crippen LogP contribution in [0.2, 0.25) is 5.02 Å². The third-order valence-electron chi connectivity index (χ3n) is 5.04. The second-order valence-electron chi connectivity index (χ2n) is 7.25. The van der Waals surface area contributed by atoms with Gasteiger partial charge in [0.05, 0.1) is 10.9 Å². The summed E-state index contributed by atoms with van der Waals surface area (Å²) in [4.78, 5) is 25.4. The molecule has 3 aromatic carbocycles. The van der Waals surface area contributed by atoms with Crippen LogP contribution in [0.25, 0.3) is 22.1 Å². The second kappa shape index (κ2) is 9.71. The van der Waals surface area contributed by atoms with Crippen molar-refractivity contribution >= 4 is 28.5 Å². The number of rotatable bonds is 7. The van der Waals surface area contributed by atoms with Crippen molar-refractivity contribution in [1.82, 2.24) is 0 Å². The van der Waals surface area contributed by atoms with Gasteiger partial charge in [-0.3, -0.25) is 4.79 Å². The summed E-state index contributed by atoms with van der Waals surface area (Å²) in [7, 11) is 0. The molecule has 32 heavy (non-hydrogen) atoms. The number of hydrogen-bond acceptors (Lipinski definition) is 5. The van der Waals surface area contributed by atoms with E-state index in [1.165, 1.54) is 6.26 Å². The highest BCUT2D eigenvalue weighted by Gasteiger charge is 2.21. The summed E-state index contributed by atoms with van der Waals surface area (Å²) in [5.74, 6) is -0.0283. The Morgan fingerprint density at radius 2 is 1.78 bits per heavy atom. The molecule has 0 aliphatic heterocycles. The third-order valence-corrected chi connectivity index (χ3v) is 5.29. The van der Waals surface area contributed by atoms with Crippen LogP contribution >= 0.6 is 11.6 Å². The van der Waals surface area contributed by atoms with Crippen molar-refractivity contribution < 1.29 is 18.7 Å². The molecule has 0 saturated heterocycles. The Balaban J connectivity index is 1.51. The molecule has 0 aliphatic rings. The molecule has 4 rings (SSSR count). The smallest absolute Gasteiger partial charge is 0.347 e. The van der Waals surface area contributed by atoms with Crippen molar-refractivity contribution in [1.29, 1.82) is 0 Å². The standard InChI is InChI=1S/C26H21ClO5/c1-2-23(26(29)31-15-17-6-4-3-5-7-17)32-20-12-13-21-24(14-20)30-16-22(25(21)28)18-8-10-19(27)11-9-18/h3-14,16,23H,2,15H2,1H3. The van der Waals surface area contributed by atoms with Crippen LogP contribution in [0.4, 0.5) is 0 Å². The molecule has 0 amide bonds. The minimum Gasteiger partial charge on any atom is -0.479 e. The van der Waals surface area contributed by atoms with E-state index in [1.807, 2.05) is 37.3 Å². The molecule has 4 aromatic rings. The van der Waals surface area contributed by atoms with Gasteiger partial charge in [-0.05, 0) is 41.8 Å². The lowest BCUT2D eigenvalue weighted by molar-refractivity contribution is -0.153. The number of hydrogen-bond donors (Lipinski definition) is 0. The summed E-state index contributed by atoms with van der Waals surface area (Å²) in [5.41, 5.74) is 2.28. The van der Waals surface area contributed by atoms with Crippen LogP contribution in [0.3, 0.4) is 0 Å². The molecule has 0 aliphatic carbocycles. The summed E-state index contributed by atoms with van der Waals surface area (Å²) in [6, 6.07) is 21.3. The van der Waals surface area contributed by atoms with Gasteiger partial charge in [0.1, 0.15) is 24.2 Å². The number of ether oxygens (including phenoxy) is 2. The Bertz CT molecular complexity index is 1280. The van der Waals surface area contributed by atoms with Crippen LogP contribution in [-0.2, 0) is 16.1 Å². The number of carbonyl (C=O) groups is 1. The molecule has 1 aromatic heterocycles. The molecular weight excluding hydrogens is 428 g/mol. The minimum atomic E-state index is -0.767. The Morgan fingerprint density at radius 3 is 2.50 bits per heavy atom. The molecule has 0 bridgehead atoms. The predicted octanol–water partition coefficient (Wildman–Crippen LogP) is 6.01. The van der Waals surface area contributed by atoms with Gasteiger partial charge in [0.2, 0.25) is 0 Å². The predicted molar refractivity (Wildman–Crippen MR) is 124 cm³/mol. The zero-order chi connectivity index (χ0) is 22.5. The fourth-order valence-corrected chi connectivity index (χ4v) is 3.42. The molecule has 0 fully saturated rings. The maximum absolute atomic E-state index is 12.9. The fourth-order valence-electron chi connectivity index (χ4n) is 3.29. The van der Waals surface area contributed by atoms with Crippen LogP contribution in [-0.4, -0.2) is 12.1 Å². The van der Waals surface area contributed by atoms with Gasteiger partial charge in [-0.15, -0.1) is 0 Å². The lowest BCUT2D eigenvalue weighted by Gasteiger charge is -2.17. The molecule has 0 radical (unpaired) electrons. The SMILES string of the molecule is CCC(Oc1ccc2c(=O)c(-c3ccc(Cl)cc3)coc2c1)C(=O)OCc1ccccc1. The maximum atomic E-state index is 12.9. The number of halogens is 1. The summed E-state index contributed by atoms with van der Waals surface area (Å²) in [5, 5.41) is 1.01. The third kappa shape index (κ3) is 4.84. The van der Waals surface area contributed by atoms with Gasteiger partial charge in [-0.1, -0.05) is 61.0 Å². The van der Waals surface area contributed by atoms with E-state index in [9.17, 15) is 9.59 Å². The molecule has 0 N–H and O–H groups in total. The number of benzene rings is 3. The van der Waals surface area contributed by atoms with Gasteiger partial charge in [-0.2, -0.15) is 0 Å². The minimum absolute atomic E-state index is 0.158. The topological polar surface area (TPSA) is 65.7 Å². The molecule has 1 heterocycles. The largest absolute Gasteiger partial charge is 0.479 e. The first kappa shape index (κ1) is 21.7. The lowest BCUT2D eigenvalue weighted by atomic mass is 10.1. The van der Waals surface area contributed by atoms with Crippen molar-refractivity contribution in [3.8, 4) is 16.9 Å². The summed E-state index contributed by atoms with van der Waals surface area (Å²) in [6.07, 6.45) is 1.09. The van der Waals surface area contributed by atoms with Gasteiger partial charge in [0.15, 0.2) is 11.5 Å². The normalized spacial score (nSPS) is 11.8. The van der Waals surface area contributed by atoms with Crippen molar-refractivity contribution in [2.45, 2.75) is 26.1 Å². The van der Waals surface area contributed by atoms with E-state index in [2.05, 4.69) is 0 Å². The van der Waals surface area contributed by atoms with E-state index in [-0.39, 0.29) is 12.0 Å². The summed E-state index contributed by atoms with van der Waals surface area (Å²) >= 11 is 5.93. The Labute approximate surface area is 190 Å². The Kier molecular flexibility index (Phi) is 6.57. The molecule has 162 valence electrons. The molecule has 5 nitrogen and oxygen atoms in total. The highest BCUT2D eigenvalue weighted by molar-refractivity contribution is 6.30. The van der Waals surface area contributed by atoms with Gasteiger partial charge < -0.3 is 13.9 Å². The zero-order valence-corrected chi connectivity index (χ0v) is 18.2. The van der Waals surface area contributed by atoms with Crippen molar-refractivity contribution in [2.75, 3.05) is 0 Å². The average molecular weight is 449 g/mol. The van der Waals surface area contributed by atoms with E-state index in [1.54, 1.807) is 42.5 Å². The van der Waals surface area contributed by atoms with Gasteiger partial charge in [0.25, 0.3) is 0 Å². The van der Waals surface area contributed by atoms with E-state index in [4.69, 9.17) is 25.5 Å². The van der Waals surface area contributed by atoms with Gasteiger partial charge >= 0.3 is 5.97 Å². The first-order valence-corrected chi connectivity index (χ1v) is 10.6. The monoisotopic (exact) mass is 448 g/mol. The van der Waals surface area contributed by atoms with Gasteiger partial charge in [-0.25, -0.2) is 4.79 Å². The first-order valence-electron chi connectivity index (χ1n) is 10.2. The van der Waals surface area contributed by atoms with E-state index >= 15 is 0 Å². The Morgan fingerprint density at radius 1 is 1.03 bits per heavy atom. The molecule has 1 atom stereocenters. The molecular formula is C26H21ClO5. The highest BCUT2D eigenvalue weighted by atomic mass is 35.5. The second-order valence-corrected chi connectivity index (χ2v) is 7.69. The quantitative estimate of drug-likeness (QED) is 0.324. The number of carbonyl (C=O) groups excluding carboxylic acids is 1. The highest BCUT2D eigenvalue weighted by Crippen LogP contribution is 2.25. The summed E-state index contributed by atoms with van der Waals surface area (Å²) < 4.78 is 16.9. The first-order chi connectivity index (χ1) is 15.5. The number of fused-ring (bicyclic) bond motifs is 1. The molecule has 0 spiro atoms. The van der Waals surface area contributed by atoms with Crippen LogP contribution in [0.1, 0.15) is 18.9 Å². The van der Waals surface area contributed by atoms with Crippen molar-refractivity contribution in [3.63, 3.8) is 0 Å². The molecule has 0 saturated carbocycles. The van der Waals surface area contributed by atoms with E-state index < -0.39 is 12.1 Å². The van der Waals surface area contributed by atoms with Gasteiger partial charge in [0, 0.05) is 11.1 Å². The van der Waals surface area contributed by atoms with E-state index in [0.29, 0.717) is 33.7 Å². The lowest BCUT2D eigenvalue weighted by Crippen LogP contribution is -2.28. The number of esters is 1. The van der Waals surface area contributed by atoms with Crippen LogP contribution < -0.4 is 10.2 Å². The average Bonchev–Trinajstić information content (AvgIpc) is 2.82.